The van der Waals surface area contributed by atoms with Gasteiger partial charge in [-0.3, -0.25) is 4.79 Å². The predicted octanol–water partition coefficient (Wildman–Crippen LogP) is 3.43. The van der Waals surface area contributed by atoms with Gasteiger partial charge in [-0.05, 0) is 48.4 Å². The normalized spacial score (nSPS) is 18.0. The number of hydrogen-bond donors (Lipinski definition) is 1. The highest BCUT2D eigenvalue weighted by molar-refractivity contribution is 8.19. The van der Waals surface area contributed by atoms with Gasteiger partial charge in [0.2, 0.25) is 0 Å². The third-order valence-corrected chi connectivity index (χ3v) is 3.75. The lowest BCUT2D eigenvalue weighted by molar-refractivity contribution is 0.265. The molecule has 0 atom stereocenters. The van der Waals surface area contributed by atoms with Crippen molar-refractivity contribution < 1.29 is 4.79 Å². The topological polar surface area (TPSA) is 29.1 Å². The maximum absolute atomic E-state index is 11.1. The summed E-state index contributed by atoms with van der Waals surface area (Å²) in [7, 11) is 0. The minimum Gasteiger partial charge on any atom is -0.307 e. The second-order valence-electron chi connectivity index (χ2n) is 3.70. The van der Waals surface area contributed by atoms with Crippen LogP contribution in [0, 0.1) is 13.8 Å². The molecule has 1 aromatic carbocycles. The Balaban J connectivity index is 2.32. The standard InChI is InChI=1S/C12H11NOS2/c1-7-3-4-9(5-8(7)2)6-10-11(15)13-12(14)16-10/h3-6H,1-2H3,(H,13,14,15). The number of carbonyl (C=O) groups is 1. The molecule has 0 aromatic heterocycles. The Hall–Kier alpha value is -1.13. The maximum atomic E-state index is 11.1. The Morgan fingerprint density at radius 3 is 2.62 bits per heavy atom. The molecule has 1 aliphatic heterocycles. The fourth-order valence-electron chi connectivity index (χ4n) is 1.43. The molecule has 1 aromatic rings. The van der Waals surface area contributed by atoms with Crippen LogP contribution in [0.5, 0.6) is 0 Å². The van der Waals surface area contributed by atoms with Crippen LogP contribution in [-0.2, 0) is 0 Å². The Bertz CT molecular complexity index is 506. The molecule has 1 N–H and O–H groups in total. The van der Waals surface area contributed by atoms with E-state index in [9.17, 15) is 4.79 Å². The van der Waals surface area contributed by atoms with Crippen molar-refractivity contribution in [2.75, 3.05) is 0 Å². The second-order valence-corrected chi connectivity index (χ2v) is 5.12. The third-order valence-electron chi connectivity index (χ3n) is 2.47. The van der Waals surface area contributed by atoms with Crippen molar-refractivity contribution in [3.8, 4) is 0 Å². The Kier molecular flexibility index (Phi) is 3.12. The van der Waals surface area contributed by atoms with E-state index in [1.54, 1.807) is 0 Å². The summed E-state index contributed by atoms with van der Waals surface area (Å²) in [6, 6.07) is 6.19. The number of hydrogen-bond acceptors (Lipinski definition) is 3. The lowest BCUT2D eigenvalue weighted by atomic mass is 10.1. The van der Waals surface area contributed by atoms with E-state index in [1.165, 1.54) is 11.1 Å². The summed E-state index contributed by atoms with van der Waals surface area (Å²) in [5.74, 6) is 0. The van der Waals surface area contributed by atoms with E-state index in [-0.39, 0.29) is 5.24 Å². The van der Waals surface area contributed by atoms with Gasteiger partial charge in [0.05, 0.1) is 4.91 Å². The average molecular weight is 249 g/mol. The molecule has 1 aliphatic rings. The number of thioether (sulfide) groups is 1. The highest BCUT2D eigenvalue weighted by Crippen LogP contribution is 2.26. The van der Waals surface area contributed by atoms with Gasteiger partial charge in [-0.1, -0.05) is 30.4 Å². The highest BCUT2D eigenvalue weighted by atomic mass is 32.2. The third kappa shape index (κ3) is 2.33. The van der Waals surface area contributed by atoms with Crippen molar-refractivity contribution in [1.29, 1.82) is 0 Å². The molecule has 2 rings (SSSR count). The van der Waals surface area contributed by atoms with E-state index >= 15 is 0 Å². The summed E-state index contributed by atoms with van der Waals surface area (Å²) >= 11 is 6.20. The van der Waals surface area contributed by atoms with Gasteiger partial charge in [0.1, 0.15) is 4.99 Å². The smallest absolute Gasteiger partial charge is 0.289 e. The summed E-state index contributed by atoms with van der Waals surface area (Å²) in [5.41, 5.74) is 3.57. The van der Waals surface area contributed by atoms with Crippen molar-refractivity contribution in [2.24, 2.45) is 0 Å². The number of aryl methyl sites for hydroxylation is 2. The minimum atomic E-state index is -0.0971. The van der Waals surface area contributed by atoms with E-state index in [0.29, 0.717) is 4.99 Å². The van der Waals surface area contributed by atoms with Crippen LogP contribution in [0.4, 0.5) is 4.79 Å². The molecule has 16 heavy (non-hydrogen) atoms. The number of nitrogens with one attached hydrogen (secondary N) is 1. The largest absolute Gasteiger partial charge is 0.307 e. The number of benzene rings is 1. The first kappa shape index (κ1) is 11.4. The Morgan fingerprint density at radius 1 is 1.31 bits per heavy atom. The van der Waals surface area contributed by atoms with Crippen LogP contribution in [-0.4, -0.2) is 10.2 Å². The SMILES string of the molecule is Cc1ccc(C=C2SC(=O)NC2=S)cc1C. The maximum Gasteiger partial charge on any atom is 0.289 e. The monoisotopic (exact) mass is 249 g/mol. The fourth-order valence-corrected chi connectivity index (χ4v) is 2.46. The zero-order chi connectivity index (χ0) is 11.7. The van der Waals surface area contributed by atoms with Gasteiger partial charge in [0.15, 0.2) is 0 Å². The van der Waals surface area contributed by atoms with E-state index in [2.05, 4.69) is 31.3 Å². The average Bonchev–Trinajstić information content (AvgIpc) is 2.51. The van der Waals surface area contributed by atoms with Gasteiger partial charge < -0.3 is 5.32 Å². The predicted molar refractivity (Wildman–Crippen MR) is 72.6 cm³/mol. The summed E-state index contributed by atoms with van der Waals surface area (Å²) in [5, 5.41) is 2.50. The van der Waals surface area contributed by atoms with Crippen molar-refractivity contribution in [3.63, 3.8) is 0 Å². The van der Waals surface area contributed by atoms with Gasteiger partial charge in [0.25, 0.3) is 5.24 Å². The Labute approximate surface area is 104 Å². The van der Waals surface area contributed by atoms with E-state index in [1.807, 2.05) is 12.1 Å². The number of amides is 1. The van der Waals surface area contributed by atoms with Gasteiger partial charge >= 0.3 is 0 Å². The van der Waals surface area contributed by atoms with E-state index in [0.717, 1.165) is 22.2 Å². The van der Waals surface area contributed by atoms with Crippen LogP contribution in [0.15, 0.2) is 23.1 Å². The van der Waals surface area contributed by atoms with Crippen LogP contribution in [0.3, 0.4) is 0 Å². The molecule has 0 bridgehead atoms. The quantitative estimate of drug-likeness (QED) is 0.610. The number of rotatable bonds is 1. The summed E-state index contributed by atoms with van der Waals surface area (Å²) in [6.45, 7) is 4.15. The molecule has 0 aliphatic carbocycles. The lowest BCUT2D eigenvalue weighted by Gasteiger charge is -2.01. The summed E-state index contributed by atoms with van der Waals surface area (Å²) in [4.78, 5) is 12.4. The molecule has 2 nitrogen and oxygen atoms in total. The minimum absolute atomic E-state index is 0.0971. The number of carbonyl (C=O) groups excluding carboxylic acids is 1. The van der Waals surface area contributed by atoms with Gasteiger partial charge in [-0.2, -0.15) is 0 Å². The molecule has 1 heterocycles. The van der Waals surface area contributed by atoms with Crippen LogP contribution in [0.25, 0.3) is 6.08 Å². The van der Waals surface area contributed by atoms with E-state index in [4.69, 9.17) is 12.2 Å². The first-order chi connectivity index (χ1) is 7.56. The van der Waals surface area contributed by atoms with Gasteiger partial charge in [-0.15, -0.1) is 0 Å². The molecule has 82 valence electrons. The zero-order valence-electron chi connectivity index (χ0n) is 9.03. The first-order valence-corrected chi connectivity index (χ1v) is 6.11. The van der Waals surface area contributed by atoms with Crippen LogP contribution < -0.4 is 5.32 Å². The molecule has 1 fully saturated rings. The lowest BCUT2D eigenvalue weighted by Crippen LogP contribution is -2.15. The molecule has 0 radical (unpaired) electrons. The first-order valence-electron chi connectivity index (χ1n) is 4.88. The molecule has 0 saturated carbocycles. The molecule has 0 unspecified atom stereocenters. The second kappa shape index (κ2) is 4.39. The molecule has 0 spiro atoms. The van der Waals surface area contributed by atoms with Crippen LogP contribution in [0.2, 0.25) is 0 Å². The molecular weight excluding hydrogens is 238 g/mol. The molecular formula is C12H11NOS2. The molecule has 1 amide bonds. The van der Waals surface area contributed by atoms with Crippen molar-refractivity contribution in [3.05, 3.63) is 39.8 Å². The van der Waals surface area contributed by atoms with Crippen molar-refractivity contribution >= 4 is 40.3 Å². The van der Waals surface area contributed by atoms with Crippen molar-refractivity contribution in [2.45, 2.75) is 13.8 Å². The molecule has 1 saturated heterocycles. The summed E-state index contributed by atoms with van der Waals surface area (Å²) in [6.07, 6.45) is 1.94. The van der Waals surface area contributed by atoms with Crippen LogP contribution >= 0.6 is 24.0 Å². The summed E-state index contributed by atoms with van der Waals surface area (Å²) < 4.78 is 0. The van der Waals surface area contributed by atoms with Gasteiger partial charge in [-0.25, -0.2) is 0 Å². The zero-order valence-corrected chi connectivity index (χ0v) is 10.7. The van der Waals surface area contributed by atoms with E-state index < -0.39 is 0 Å². The molecule has 4 heteroatoms. The van der Waals surface area contributed by atoms with Gasteiger partial charge in [0, 0.05) is 0 Å². The van der Waals surface area contributed by atoms with Crippen molar-refractivity contribution in [1.82, 2.24) is 5.32 Å². The van der Waals surface area contributed by atoms with Crippen LogP contribution in [0.1, 0.15) is 16.7 Å². The number of thiocarbonyl (C=S) groups is 1. The highest BCUT2D eigenvalue weighted by Gasteiger charge is 2.21. The fraction of sp³-hybridized carbons (Fsp3) is 0.167. The Morgan fingerprint density at radius 2 is 2.06 bits per heavy atom.